The van der Waals surface area contributed by atoms with E-state index < -0.39 is 0 Å². The highest BCUT2D eigenvalue weighted by molar-refractivity contribution is 9.09. The lowest BCUT2D eigenvalue weighted by atomic mass is 9.83. The molecule has 1 nitrogen and oxygen atoms in total. The monoisotopic (exact) mass is 336 g/mol. The highest BCUT2D eigenvalue weighted by Crippen LogP contribution is 2.36. The van der Waals surface area contributed by atoms with Crippen molar-refractivity contribution in [3.63, 3.8) is 0 Å². The van der Waals surface area contributed by atoms with Crippen molar-refractivity contribution in [2.45, 2.75) is 38.5 Å². The summed E-state index contributed by atoms with van der Waals surface area (Å²) in [6.45, 7) is 1.60. The summed E-state index contributed by atoms with van der Waals surface area (Å²) in [6, 6.07) is 10.4. The molecular formula is C18H25BrO. The minimum Gasteiger partial charge on any atom is -0.377 e. The summed E-state index contributed by atoms with van der Waals surface area (Å²) < 4.78 is 5.93. The molecule has 2 rings (SSSR count). The number of alkyl halides is 1. The van der Waals surface area contributed by atoms with E-state index >= 15 is 0 Å². The predicted molar refractivity (Wildman–Crippen MR) is 90.2 cm³/mol. The van der Waals surface area contributed by atoms with E-state index in [2.05, 4.69) is 52.3 Å². The fourth-order valence-electron chi connectivity index (χ4n) is 2.89. The summed E-state index contributed by atoms with van der Waals surface area (Å²) in [4.78, 5) is 0. The van der Waals surface area contributed by atoms with Gasteiger partial charge in [0.15, 0.2) is 0 Å². The van der Waals surface area contributed by atoms with Gasteiger partial charge in [0.2, 0.25) is 0 Å². The number of hydrogen-bond acceptors (Lipinski definition) is 1. The smallest absolute Gasteiger partial charge is 0.0650 e. The molecule has 0 bridgehead atoms. The molecule has 0 amide bonds. The van der Waals surface area contributed by atoms with Gasteiger partial charge in [-0.15, -0.1) is 0 Å². The summed E-state index contributed by atoms with van der Waals surface area (Å²) in [5, 5.41) is 1.07. The van der Waals surface area contributed by atoms with E-state index in [1.54, 1.807) is 0 Å². The van der Waals surface area contributed by atoms with Crippen molar-refractivity contribution in [1.82, 2.24) is 0 Å². The van der Waals surface area contributed by atoms with Crippen LogP contribution in [-0.4, -0.2) is 18.5 Å². The van der Waals surface area contributed by atoms with Gasteiger partial charge in [-0.2, -0.15) is 0 Å². The first-order valence-electron chi connectivity index (χ1n) is 7.70. The first-order chi connectivity index (χ1) is 9.85. The fraction of sp³-hybridized carbons (Fsp3) is 0.556. The molecule has 0 heterocycles. The van der Waals surface area contributed by atoms with Crippen LogP contribution in [0.5, 0.6) is 0 Å². The Balaban J connectivity index is 1.75. The van der Waals surface area contributed by atoms with Gasteiger partial charge < -0.3 is 4.74 Å². The van der Waals surface area contributed by atoms with Crippen molar-refractivity contribution >= 4 is 22.0 Å². The second kappa shape index (κ2) is 8.63. The number of halogens is 1. The lowest BCUT2D eigenvalue weighted by molar-refractivity contribution is 0.0640. The summed E-state index contributed by atoms with van der Waals surface area (Å²) in [5.41, 5.74) is 1.61. The summed E-state index contributed by atoms with van der Waals surface area (Å²) in [7, 11) is 0. The van der Waals surface area contributed by atoms with Crippen LogP contribution in [0.25, 0.3) is 6.08 Å². The Morgan fingerprint density at radius 3 is 2.40 bits per heavy atom. The maximum atomic E-state index is 5.93. The molecule has 0 unspecified atom stereocenters. The molecule has 1 aromatic rings. The molecule has 1 saturated carbocycles. The van der Waals surface area contributed by atoms with Gasteiger partial charge in [-0.3, -0.25) is 0 Å². The average Bonchev–Trinajstić information content (AvgIpc) is 2.74. The Bertz CT molecular complexity index is 391. The predicted octanol–water partition coefficient (Wildman–Crippen LogP) is 5.45. The zero-order chi connectivity index (χ0) is 14.1. The minimum absolute atomic E-state index is 0.372. The fourth-order valence-corrected chi connectivity index (χ4v) is 3.61. The first kappa shape index (κ1) is 15.8. The second-order valence-corrected chi connectivity index (χ2v) is 6.44. The van der Waals surface area contributed by atoms with Crippen molar-refractivity contribution in [3.8, 4) is 0 Å². The van der Waals surface area contributed by atoms with Gasteiger partial charge in [-0.05, 0) is 18.4 Å². The highest BCUT2D eigenvalue weighted by atomic mass is 79.9. The van der Waals surface area contributed by atoms with E-state index in [1.807, 2.05) is 6.07 Å². The molecular weight excluding hydrogens is 312 g/mol. The van der Waals surface area contributed by atoms with E-state index in [0.29, 0.717) is 12.0 Å². The molecule has 1 aliphatic rings. The van der Waals surface area contributed by atoms with Gasteiger partial charge in [-0.1, -0.05) is 84.1 Å². The van der Waals surface area contributed by atoms with E-state index in [9.17, 15) is 0 Å². The Kier molecular flexibility index (Phi) is 6.81. The van der Waals surface area contributed by atoms with Crippen LogP contribution >= 0.6 is 15.9 Å². The molecule has 0 aliphatic heterocycles. The third kappa shape index (κ3) is 5.06. The van der Waals surface area contributed by atoms with Crippen LogP contribution in [0.2, 0.25) is 0 Å². The molecule has 110 valence electrons. The first-order valence-corrected chi connectivity index (χ1v) is 8.82. The van der Waals surface area contributed by atoms with Gasteiger partial charge in [0.05, 0.1) is 13.2 Å². The SMILES string of the molecule is BrCC1(COCC=Cc2ccccc2)CCCCCC1. The Hall–Kier alpha value is -0.600. The largest absolute Gasteiger partial charge is 0.377 e. The Morgan fingerprint density at radius 2 is 1.75 bits per heavy atom. The van der Waals surface area contributed by atoms with Crippen LogP contribution in [0.15, 0.2) is 36.4 Å². The van der Waals surface area contributed by atoms with Crippen LogP contribution < -0.4 is 0 Å². The average molecular weight is 337 g/mol. The number of rotatable bonds is 6. The zero-order valence-electron chi connectivity index (χ0n) is 12.2. The lowest BCUT2D eigenvalue weighted by Gasteiger charge is -2.30. The summed E-state index contributed by atoms with van der Waals surface area (Å²) in [5.74, 6) is 0. The maximum Gasteiger partial charge on any atom is 0.0650 e. The van der Waals surface area contributed by atoms with Crippen molar-refractivity contribution in [3.05, 3.63) is 42.0 Å². The zero-order valence-corrected chi connectivity index (χ0v) is 13.8. The van der Waals surface area contributed by atoms with Crippen molar-refractivity contribution in [2.75, 3.05) is 18.5 Å². The molecule has 0 N–H and O–H groups in total. The molecule has 0 spiro atoms. The Labute approximate surface area is 131 Å². The van der Waals surface area contributed by atoms with Crippen LogP contribution in [0.4, 0.5) is 0 Å². The quantitative estimate of drug-likeness (QED) is 0.381. The summed E-state index contributed by atoms with van der Waals surface area (Å²) >= 11 is 3.71. The third-order valence-electron chi connectivity index (χ3n) is 4.18. The lowest BCUT2D eigenvalue weighted by Crippen LogP contribution is -2.28. The molecule has 1 aliphatic carbocycles. The molecule has 0 radical (unpaired) electrons. The van der Waals surface area contributed by atoms with Crippen LogP contribution in [-0.2, 0) is 4.74 Å². The topological polar surface area (TPSA) is 9.23 Å². The normalized spacial score (nSPS) is 19.1. The number of ether oxygens (including phenoxy) is 1. The Morgan fingerprint density at radius 1 is 1.05 bits per heavy atom. The van der Waals surface area contributed by atoms with Crippen molar-refractivity contribution in [1.29, 1.82) is 0 Å². The van der Waals surface area contributed by atoms with Gasteiger partial charge in [0, 0.05) is 10.7 Å². The van der Waals surface area contributed by atoms with Crippen molar-refractivity contribution in [2.24, 2.45) is 5.41 Å². The van der Waals surface area contributed by atoms with Crippen LogP contribution in [0.3, 0.4) is 0 Å². The van der Waals surface area contributed by atoms with Gasteiger partial charge in [-0.25, -0.2) is 0 Å². The molecule has 0 saturated heterocycles. The van der Waals surface area contributed by atoms with Crippen LogP contribution in [0, 0.1) is 5.41 Å². The van der Waals surface area contributed by atoms with E-state index in [1.165, 1.54) is 44.1 Å². The van der Waals surface area contributed by atoms with Gasteiger partial charge >= 0.3 is 0 Å². The van der Waals surface area contributed by atoms with Gasteiger partial charge in [0.25, 0.3) is 0 Å². The third-order valence-corrected chi connectivity index (χ3v) is 5.37. The minimum atomic E-state index is 0.372. The second-order valence-electron chi connectivity index (χ2n) is 5.88. The molecule has 1 fully saturated rings. The molecule has 1 aromatic carbocycles. The molecule has 2 heteroatoms. The molecule has 0 aromatic heterocycles. The number of benzene rings is 1. The standard InChI is InChI=1S/C18H25BrO/c19-15-18(12-6-1-2-7-13-18)16-20-14-8-11-17-9-4-3-5-10-17/h3-5,8-11H,1-2,6-7,12-16H2. The van der Waals surface area contributed by atoms with Crippen molar-refractivity contribution < 1.29 is 4.74 Å². The highest BCUT2D eigenvalue weighted by Gasteiger charge is 2.29. The van der Waals surface area contributed by atoms with Crippen LogP contribution in [0.1, 0.15) is 44.1 Å². The summed E-state index contributed by atoms with van der Waals surface area (Å²) in [6.07, 6.45) is 12.4. The maximum absolute atomic E-state index is 5.93. The molecule has 0 atom stereocenters. The van der Waals surface area contributed by atoms with E-state index in [4.69, 9.17) is 4.74 Å². The van der Waals surface area contributed by atoms with Gasteiger partial charge in [0.1, 0.15) is 0 Å². The van der Waals surface area contributed by atoms with E-state index in [-0.39, 0.29) is 0 Å². The number of hydrogen-bond donors (Lipinski definition) is 0. The van der Waals surface area contributed by atoms with E-state index in [0.717, 1.165) is 11.9 Å². The molecule has 20 heavy (non-hydrogen) atoms.